The topological polar surface area (TPSA) is 70.6 Å². The monoisotopic (exact) mass is 459 g/mol. The number of pyridine rings is 2. The third-order valence-corrected chi connectivity index (χ3v) is 7.04. The van der Waals surface area contributed by atoms with E-state index in [4.69, 9.17) is 9.72 Å². The van der Waals surface area contributed by atoms with Crippen molar-refractivity contribution >= 4 is 17.5 Å². The van der Waals surface area contributed by atoms with Crippen LogP contribution in [0.3, 0.4) is 0 Å². The molecule has 7 nitrogen and oxygen atoms in total. The van der Waals surface area contributed by atoms with E-state index in [1.54, 1.807) is 29.3 Å². The summed E-state index contributed by atoms with van der Waals surface area (Å²) in [5.41, 5.74) is 2.94. The molecule has 8 heteroatoms. The van der Waals surface area contributed by atoms with Crippen LogP contribution in [0, 0.1) is 12.7 Å². The number of anilines is 2. The molecule has 1 aromatic carbocycles. The molecule has 2 atom stereocenters. The standard InChI is InChI=1S/C26H26FN5O2/c1-15-10-22(31-12-16-6-7-17(13-31)29-16)30-23(11-15)32-14-19-18(26(32)33)8-9-28-25(19)24-20(27)4-3-5-21(24)34-2/h3-5,8-11,16-17,29H,6-7,12-14H2,1-2H3. The average Bonchev–Trinajstić information content (AvgIpc) is 3.36. The molecule has 3 aliphatic heterocycles. The first-order valence-corrected chi connectivity index (χ1v) is 11.6. The van der Waals surface area contributed by atoms with Crippen LogP contribution in [0.15, 0.2) is 42.6 Å². The number of carbonyl (C=O) groups excluding carboxylic acids is 1. The zero-order valence-electron chi connectivity index (χ0n) is 19.2. The number of amides is 1. The first kappa shape index (κ1) is 21.0. The normalized spacial score (nSPS) is 21.2. The zero-order chi connectivity index (χ0) is 23.4. The number of carbonyl (C=O) groups is 1. The van der Waals surface area contributed by atoms with Gasteiger partial charge in [-0.3, -0.25) is 14.7 Å². The van der Waals surface area contributed by atoms with E-state index in [2.05, 4.69) is 21.3 Å². The smallest absolute Gasteiger partial charge is 0.260 e. The van der Waals surface area contributed by atoms with Crippen molar-refractivity contribution in [2.75, 3.05) is 30.0 Å². The molecular weight excluding hydrogens is 433 g/mol. The predicted octanol–water partition coefficient (Wildman–Crippen LogP) is 3.70. The number of aromatic nitrogens is 2. The molecule has 0 aliphatic carbocycles. The van der Waals surface area contributed by atoms with Gasteiger partial charge in [-0.1, -0.05) is 6.07 Å². The highest BCUT2D eigenvalue weighted by Gasteiger charge is 2.35. The van der Waals surface area contributed by atoms with E-state index < -0.39 is 5.82 Å². The van der Waals surface area contributed by atoms with E-state index in [1.165, 1.54) is 26.0 Å². The van der Waals surface area contributed by atoms with Crippen molar-refractivity contribution < 1.29 is 13.9 Å². The third kappa shape index (κ3) is 3.40. The number of methoxy groups -OCH3 is 1. The van der Waals surface area contributed by atoms with Crippen LogP contribution >= 0.6 is 0 Å². The molecule has 34 heavy (non-hydrogen) atoms. The van der Waals surface area contributed by atoms with Gasteiger partial charge in [0.2, 0.25) is 0 Å². The van der Waals surface area contributed by atoms with E-state index in [0.717, 1.165) is 24.5 Å². The van der Waals surface area contributed by atoms with Crippen LogP contribution in [0.4, 0.5) is 16.0 Å². The van der Waals surface area contributed by atoms with Crippen molar-refractivity contribution in [2.45, 2.75) is 38.4 Å². The van der Waals surface area contributed by atoms with Crippen LogP contribution in [0.5, 0.6) is 5.75 Å². The maximum atomic E-state index is 14.8. The minimum absolute atomic E-state index is 0.154. The molecule has 0 spiro atoms. The van der Waals surface area contributed by atoms with Crippen molar-refractivity contribution in [3.63, 3.8) is 0 Å². The Morgan fingerprint density at radius 3 is 2.65 bits per heavy atom. The summed E-state index contributed by atoms with van der Waals surface area (Å²) in [6.07, 6.45) is 3.93. The molecule has 2 fully saturated rings. The van der Waals surface area contributed by atoms with Gasteiger partial charge in [-0.25, -0.2) is 9.37 Å². The van der Waals surface area contributed by atoms with Gasteiger partial charge in [0.05, 0.1) is 24.9 Å². The van der Waals surface area contributed by atoms with Gasteiger partial charge < -0.3 is 15.0 Å². The van der Waals surface area contributed by atoms with Gasteiger partial charge in [0, 0.05) is 42.5 Å². The molecule has 1 amide bonds. The molecule has 0 radical (unpaired) electrons. The fourth-order valence-corrected chi connectivity index (χ4v) is 5.45. The van der Waals surface area contributed by atoms with Gasteiger partial charge >= 0.3 is 0 Å². The number of nitrogens with one attached hydrogen (secondary N) is 1. The second-order valence-corrected chi connectivity index (χ2v) is 9.30. The Balaban J connectivity index is 1.37. The number of ether oxygens (including phenoxy) is 1. The summed E-state index contributed by atoms with van der Waals surface area (Å²) in [5, 5.41) is 3.65. The summed E-state index contributed by atoms with van der Waals surface area (Å²) in [6, 6.07) is 11.4. The van der Waals surface area contributed by atoms with E-state index in [1.807, 2.05) is 13.0 Å². The third-order valence-electron chi connectivity index (χ3n) is 7.04. The summed E-state index contributed by atoms with van der Waals surface area (Å²) in [7, 11) is 1.50. The lowest BCUT2D eigenvalue weighted by Gasteiger charge is -2.34. The number of aryl methyl sites for hydroxylation is 1. The fourth-order valence-electron chi connectivity index (χ4n) is 5.45. The van der Waals surface area contributed by atoms with Crippen LogP contribution in [-0.4, -0.2) is 48.2 Å². The number of nitrogens with zero attached hydrogens (tertiary/aromatic N) is 4. The van der Waals surface area contributed by atoms with Crippen LogP contribution in [0.1, 0.15) is 34.3 Å². The van der Waals surface area contributed by atoms with Gasteiger partial charge in [-0.15, -0.1) is 0 Å². The van der Waals surface area contributed by atoms with Crippen LogP contribution in [0.2, 0.25) is 0 Å². The lowest BCUT2D eigenvalue weighted by molar-refractivity contribution is 0.0996. The fraction of sp³-hybridized carbons (Fsp3) is 0.346. The largest absolute Gasteiger partial charge is 0.496 e. The molecule has 2 unspecified atom stereocenters. The summed E-state index contributed by atoms with van der Waals surface area (Å²) in [5.74, 6) is 1.30. The summed E-state index contributed by atoms with van der Waals surface area (Å²) in [4.78, 5) is 26.8. The van der Waals surface area contributed by atoms with Gasteiger partial charge in [-0.05, 0) is 55.7 Å². The minimum atomic E-state index is -0.435. The Labute approximate surface area is 197 Å². The van der Waals surface area contributed by atoms with E-state index in [0.29, 0.717) is 40.5 Å². The van der Waals surface area contributed by atoms with Crippen LogP contribution in [0.25, 0.3) is 11.3 Å². The molecule has 5 heterocycles. The van der Waals surface area contributed by atoms with Gasteiger partial charge in [0.1, 0.15) is 23.2 Å². The second-order valence-electron chi connectivity index (χ2n) is 9.30. The Hall–Kier alpha value is -3.52. The Kier molecular flexibility index (Phi) is 4.99. The number of halogens is 1. The quantitative estimate of drug-likeness (QED) is 0.642. The van der Waals surface area contributed by atoms with E-state index in [-0.39, 0.29) is 18.0 Å². The Morgan fingerprint density at radius 2 is 1.88 bits per heavy atom. The predicted molar refractivity (Wildman–Crippen MR) is 128 cm³/mol. The van der Waals surface area contributed by atoms with Crippen molar-refractivity contribution in [3.8, 4) is 17.0 Å². The minimum Gasteiger partial charge on any atom is -0.496 e. The van der Waals surface area contributed by atoms with E-state index in [9.17, 15) is 9.18 Å². The highest BCUT2D eigenvalue weighted by Crippen LogP contribution is 2.39. The number of hydrogen-bond acceptors (Lipinski definition) is 6. The molecule has 2 bridgehead atoms. The number of hydrogen-bond donors (Lipinski definition) is 1. The summed E-state index contributed by atoms with van der Waals surface area (Å²) >= 11 is 0. The lowest BCUT2D eigenvalue weighted by Crippen LogP contribution is -2.51. The Bertz CT molecular complexity index is 1280. The molecule has 3 aliphatic rings. The molecule has 0 saturated carbocycles. The summed E-state index contributed by atoms with van der Waals surface area (Å²) in [6.45, 7) is 4.14. The molecule has 2 saturated heterocycles. The van der Waals surface area contributed by atoms with Crippen LogP contribution in [-0.2, 0) is 6.54 Å². The SMILES string of the molecule is COc1cccc(F)c1-c1nccc2c1CN(c1cc(C)cc(N3CC4CCC(C3)N4)n1)C2=O. The summed E-state index contributed by atoms with van der Waals surface area (Å²) < 4.78 is 20.2. The first-order valence-electron chi connectivity index (χ1n) is 11.6. The van der Waals surface area contributed by atoms with E-state index >= 15 is 0 Å². The molecule has 174 valence electrons. The number of benzene rings is 1. The van der Waals surface area contributed by atoms with Crippen molar-refractivity contribution in [1.82, 2.24) is 15.3 Å². The first-order chi connectivity index (χ1) is 16.5. The maximum absolute atomic E-state index is 14.8. The number of piperazine rings is 1. The maximum Gasteiger partial charge on any atom is 0.260 e. The zero-order valence-corrected chi connectivity index (χ0v) is 19.2. The molecule has 3 aromatic rings. The molecule has 6 rings (SSSR count). The van der Waals surface area contributed by atoms with Crippen molar-refractivity contribution in [1.29, 1.82) is 0 Å². The average molecular weight is 460 g/mol. The molecular formula is C26H26FN5O2. The lowest BCUT2D eigenvalue weighted by atomic mass is 10.0. The number of fused-ring (bicyclic) bond motifs is 3. The van der Waals surface area contributed by atoms with Crippen molar-refractivity contribution in [2.24, 2.45) is 0 Å². The van der Waals surface area contributed by atoms with Gasteiger partial charge in [0.25, 0.3) is 5.91 Å². The van der Waals surface area contributed by atoms with Gasteiger partial charge in [-0.2, -0.15) is 0 Å². The second kappa shape index (κ2) is 8.06. The Morgan fingerprint density at radius 1 is 1.12 bits per heavy atom. The van der Waals surface area contributed by atoms with Gasteiger partial charge in [0.15, 0.2) is 0 Å². The number of rotatable bonds is 4. The van der Waals surface area contributed by atoms with Crippen LogP contribution < -0.4 is 19.9 Å². The molecule has 2 aromatic heterocycles. The highest BCUT2D eigenvalue weighted by atomic mass is 19.1. The van der Waals surface area contributed by atoms with Crippen molar-refractivity contribution in [3.05, 3.63) is 65.1 Å². The highest BCUT2D eigenvalue weighted by molar-refractivity contribution is 6.10. The molecule has 1 N–H and O–H groups in total.